The van der Waals surface area contributed by atoms with Crippen molar-refractivity contribution in [1.29, 1.82) is 0 Å². The molecule has 2 aromatic carbocycles. The van der Waals surface area contributed by atoms with E-state index in [-0.39, 0.29) is 11.3 Å². The summed E-state index contributed by atoms with van der Waals surface area (Å²) >= 11 is 0. The number of aryl methyl sites for hydroxylation is 2. The lowest BCUT2D eigenvalue weighted by Crippen LogP contribution is -2.20. The summed E-state index contributed by atoms with van der Waals surface area (Å²) in [5.41, 5.74) is 1.04. The number of imidazole rings is 1. The molecular weight excluding hydrogens is 447 g/mol. The van der Waals surface area contributed by atoms with Gasteiger partial charge in [-0.05, 0) is 42.8 Å². The maximum absolute atomic E-state index is 13.1. The van der Waals surface area contributed by atoms with Gasteiger partial charge >= 0.3 is 12.2 Å². The summed E-state index contributed by atoms with van der Waals surface area (Å²) in [6, 6.07) is 13.0. The number of carbonyl (C=O) groups excluding carboxylic acids is 1. The highest BCUT2D eigenvalue weighted by atomic mass is 19.4. The molecule has 0 saturated heterocycles. The molecule has 0 aliphatic rings. The van der Waals surface area contributed by atoms with Crippen molar-refractivity contribution in [2.75, 3.05) is 10.6 Å². The summed E-state index contributed by atoms with van der Waals surface area (Å²) in [6.45, 7) is 1.36. The molecule has 2 aromatic heterocycles. The molecule has 174 valence electrons. The molecule has 4 aromatic rings. The van der Waals surface area contributed by atoms with Gasteiger partial charge < -0.3 is 19.9 Å². The SMILES string of the molecule is Cc1ccc(NC(=O)Nc2cccc(Oc3ccnc(-c4cn(C)cn4)c3)c2)cc1C(F)(F)F. The zero-order valence-electron chi connectivity index (χ0n) is 18.2. The zero-order valence-corrected chi connectivity index (χ0v) is 18.2. The Hall–Kier alpha value is -4.34. The van der Waals surface area contributed by atoms with Crippen LogP contribution < -0.4 is 15.4 Å². The first-order valence-electron chi connectivity index (χ1n) is 10.2. The number of nitrogens with one attached hydrogen (secondary N) is 2. The molecule has 0 atom stereocenters. The average Bonchev–Trinajstić information content (AvgIpc) is 3.21. The Labute approximate surface area is 193 Å². The van der Waals surface area contributed by atoms with Crippen LogP contribution in [0.4, 0.5) is 29.3 Å². The fraction of sp³-hybridized carbons (Fsp3) is 0.125. The van der Waals surface area contributed by atoms with Crippen molar-refractivity contribution in [3.8, 4) is 22.9 Å². The van der Waals surface area contributed by atoms with Crippen LogP contribution in [-0.2, 0) is 13.2 Å². The zero-order chi connectivity index (χ0) is 24.3. The van der Waals surface area contributed by atoms with Crippen LogP contribution in [0.25, 0.3) is 11.4 Å². The van der Waals surface area contributed by atoms with Crippen molar-refractivity contribution in [3.05, 3.63) is 84.4 Å². The fourth-order valence-electron chi connectivity index (χ4n) is 3.23. The van der Waals surface area contributed by atoms with Crippen LogP contribution in [0, 0.1) is 6.92 Å². The Bertz CT molecular complexity index is 1330. The normalized spacial score (nSPS) is 11.2. The standard InChI is InChI=1S/C24H20F3N5O2/c1-15-6-7-17(11-20(15)24(25,26)27)31-23(33)30-16-4-3-5-18(10-16)34-19-8-9-28-21(12-19)22-13-32(2)14-29-22/h3-14H,1-2H3,(H2,30,31,33). The van der Waals surface area contributed by atoms with E-state index in [4.69, 9.17) is 4.74 Å². The lowest BCUT2D eigenvalue weighted by molar-refractivity contribution is -0.138. The predicted molar refractivity (Wildman–Crippen MR) is 122 cm³/mol. The molecule has 0 unspecified atom stereocenters. The van der Waals surface area contributed by atoms with Crippen LogP contribution in [0.15, 0.2) is 73.3 Å². The Morgan fingerprint density at radius 3 is 2.38 bits per heavy atom. The van der Waals surface area contributed by atoms with Crippen molar-refractivity contribution < 1.29 is 22.7 Å². The number of rotatable bonds is 5. The third kappa shape index (κ3) is 5.52. The van der Waals surface area contributed by atoms with Crippen molar-refractivity contribution in [2.45, 2.75) is 13.1 Å². The van der Waals surface area contributed by atoms with E-state index in [1.54, 1.807) is 48.9 Å². The van der Waals surface area contributed by atoms with Gasteiger partial charge in [-0.25, -0.2) is 9.78 Å². The van der Waals surface area contributed by atoms with Crippen molar-refractivity contribution >= 4 is 17.4 Å². The number of ether oxygens (including phenoxy) is 1. The Kier molecular flexibility index (Phi) is 6.22. The van der Waals surface area contributed by atoms with E-state index in [2.05, 4.69) is 20.6 Å². The Morgan fingerprint density at radius 2 is 1.68 bits per heavy atom. The summed E-state index contributed by atoms with van der Waals surface area (Å²) < 4.78 is 47.0. The number of hydrogen-bond donors (Lipinski definition) is 2. The van der Waals surface area contributed by atoms with Crippen LogP contribution >= 0.6 is 0 Å². The van der Waals surface area contributed by atoms with Gasteiger partial charge in [0, 0.05) is 42.9 Å². The lowest BCUT2D eigenvalue weighted by atomic mass is 10.1. The fourth-order valence-corrected chi connectivity index (χ4v) is 3.23. The van der Waals surface area contributed by atoms with E-state index in [1.807, 2.05) is 17.8 Å². The molecule has 2 amide bonds. The predicted octanol–water partition coefficient (Wildman–Crippen LogP) is 6.25. The second-order valence-corrected chi connectivity index (χ2v) is 7.54. The molecule has 10 heteroatoms. The summed E-state index contributed by atoms with van der Waals surface area (Å²) in [7, 11) is 1.86. The van der Waals surface area contributed by atoms with Crippen LogP contribution in [0.1, 0.15) is 11.1 Å². The molecule has 0 aliphatic carbocycles. The Morgan fingerprint density at radius 1 is 0.941 bits per heavy atom. The minimum Gasteiger partial charge on any atom is -0.457 e. The minimum absolute atomic E-state index is 0.0293. The van der Waals surface area contributed by atoms with Gasteiger partial charge in [-0.3, -0.25) is 4.98 Å². The summed E-state index contributed by atoms with van der Waals surface area (Å²) in [4.78, 5) is 20.9. The molecule has 0 fully saturated rings. The number of urea groups is 1. The number of aromatic nitrogens is 3. The molecule has 0 spiro atoms. The third-order valence-electron chi connectivity index (χ3n) is 4.83. The Balaban J connectivity index is 1.44. The van der Waals surface area contributed by atoms with Gasteiger partial charge in [0.15, 0.2) is 0 Å². The molecule has 0 saturated carbocycles. The van der Waals surface area contributed by atoms with E-state index in [9.17, 15) is 18.0 Å². The van der Waals surface area contributed by atoms with Gasteiger partial charge in [-0.2, -0.15) is 13.2 Å². The molecule has 2 N–H and O–H groups in total. The summed E-state index contributed by atoms with van der Waals surface area (Å²) in [5, 5.41) is 5.01. The number of hydrogen-bond acceptors (Lipinski definition) is 4. The van der Waals surface area contributed by atoms with Crippen LogP contribution in [-0.4, -0.2) is 20.6 Å². The van der Waals surface area contributed by atoms with E-state index in [0.29, 0.717) is 28.6 Å². The second-order valence-electron chi connectivity index (χ2n) is 7.54. The first-order valence-corrected chi connectivity index (χ1v) is 10.2. The number of pyridine rings is 1. The van der Waals surface area contributed by atoms with E-state index < -0.39 is 17.8 Å². The van der Waals surface area contributed by atoms with E-state index >= 15 is 0 Å². The van der Waals surface area contributed by atoms with Crippen LogP contribution in [0.2, 0.25) is 0 Å². The number of carbonyl (C=O) groups is 1. The average molecular weight is 467 g/mol. The van der Waals surface area contributed by atoms with Crippen molar-refractivity contribution in [3.63, 3.8) is 0 Å². The number of benzene rings is 2. The lowest BCUT2D eigenvalue weighted by Gasteiger charge is -2.13. The smallest absolute Gasteiger partial charge is 0.416 e. The highest BCUT2D eigenvalue weighted by Gasteiger charge is 2.32. The maximum atomic E-state index is 13.1. The molecule has 2 heterocycles. The molecule has 0 bridgehead atoms. The van der Waals surface area contributed by atoms with E-state index in [1.165, 1.54) is 19.1 Å². The minimum atomic E-state index is -4.51. The number of amides is 2. The summed E-state index contributed by atoms with van der Waals surface area (Å²) in [5.74, 6) is 0.974. The highest BCUT2D eigenvalue weighted by molar-refractivity contribution is 5.99. The van der Waals surface area contributed by atoms with Gasteiger partial charge in [0.2, 0.25) is 0 Å². The number of halogens is 3. The number of nitrogens with zero attached hydrogens (tertiary/aromatic N) is 3. The third-order valence-corrected chi connectivity index (χ3v) is 4.83. The molecule has 4 rings (SSSR count). The van der Waals surface area contributed by atoms with Gasteiger partial charge in [-0.15, -0.1) is 0 Å². The van der Waals surface area contributed by atoms with Crippen molar-refractivity contribution in [1.82, 2.24) is 14.5 Å². The van der Waals surface area contributed by atoms with E-state index in [0.717, 1.165) is 6.07 Å². The topological polar surface area (TPSA) is 81.1 Å². The summed E-state index contributed by atoms with van der Waals surface area (Å²) in [6.07, 6.45) is 0.602. The molecule has 34 heavy (non-hydrogen) atoms. The highest BCUT2D eigenvalue weighted by Crippen LogP contribution is 2.33. The van der Waals surface area contributed by atoms with Gasteiger partial charge in [0.25, 0.3) is 0 Å². The van der Waals surface area contributed by atoms with Crippen molar-refractivity contribution in [2.24, 2.45) is 7.05 Å². The second kappa shape index (κ2) is 9.26. The molecule has 0 aliphatic heterocycles. The number of alkyl halides is 3. The molecule has 0 radical (unpaired) electrons. The first-order chi connectivity index (χ1) is 16.2. The maximum Gasteiger partial charge on any atom is 0.416 e. The monoisotopic (exact) mass is 467 g/mol. The number of anilines is 2. The molecule has 7 nitrogen and oxygen atoms in total. The van der Waals surface area contributed by atoms with Crippen LogP contribution in [0.5, 0.6) is 11.5 Å². The van der Waals surface area contributed by atoms with Gasteiger partial charge in [0.05, 0.1) is 17.6 Å². The largest absolute Gasteiger partial charge is 0.457 e. The first kappa shape index (κ1) is 22.8. The van der Waals surface area contributed by atoms with Gasteiger partial charge in [-0.1, -0.05) is 12.1 Å². The molecular formula is C24H20F3N5O2. The van der Waals surface area contributed by atoms with Crippen LogP contribution in [0.3, 0.4) is 0 Å². The quantitative estimate of drug-likeness (QED) is 0.364. The van der Waals surface area contributed by atoms with Gasteiger partial charge in [0.1, 0.15) is 17.2 Å².